The minimum Gasteiger partial charge on any atom is -0.483 e. The van der Waals surface area contributed by atoms with Crippen molar-refractivity contribution in [2.75, 3.05) is 0 Å². The zero-order chi connectivity index (χ0) is 13.3. The lowest BCUT2D eigenvalue weighted by molar-refractivity contribution is 0.133. The predicted molar refractivity (Wildman–Crippen MR) is 65.3 cm³/mol. The van der Waals surface area contributed by atoms with Gasteiger partial charge >= 0.3 is 11.5 Å². The van der Waals surface area contributed by atoms with Gasteiger partial charge in [-0.3, -0.25) is 4.79 Å². The van der Waals surface area contributed by atoms with E-state index in [1.54, 1.807) is 12.1 Å². The molecule has 0 spiro atoms. The van der Waals surface area contributed by atoms with Crippen LogP contribution in [0.1, 0.15) is 19.4 Å². The van der Waals surface area contributed by atoms with E-state index in [0.29, 0.717) is 5.75 Å². The summed E-state index contributed by atoms with van der Waals surface area (Å²) in [6, 6.07) is 5.26. The van der Waals surface area contributed by atoms with Crippen LogP contribution in [-0.2, 0) is 6.42 Å². The largest absolute Gasteiger partial charge is 0.483 e. The lowest BCUT2D eigenvalue weighted by Crippen LogP contribution is -2.29. The summed E-state index contributed by atoms with van der Waals surface area (Å²) in [5.74, 6) is 0.799. The molecule has 18 heavy (non-hydrogen) atoms. The van der Waals surface area contributed by atoms with Crippen LogP contribution in [0.25, 0.3) is 0 Å². The van der Waals surface area contributed by atoms with E-state index in [9.17, 15) is 9.59 Å². The molecule has 6 heteroatoms. The van der Waals surface area contributed by atoms with Gasteiger partial charge in [-0.2, -0.15) is 0 Å². The number of amides is 2. The molecule has 1 aliphatic heterocycles. The number of imide groups is 1. The van der Waals surface area contributed by atoms with E-state index in [2.05, 4.69) is 0 Å². The Labute approximate surface area is 109 Å². The van der Waals surface area contributed by atoms with Gasteiger partial charge < -0.3 is 9.47 Å². The first-order valence-electron chi connectivity index (χ1n) is 5.36. The highest BCUT2D eigenvalue weighted by Crippen LogP contribution is 2.41. The van der Waals surface area contributed by atoms with Gasteiger partial charge in [0.05, 0.1) is 0 Å². The Kier molecular flexibility index (Phi) is 3.17. The van der Waals surface area contributed by atoms with Gasteiger partial charge in [0, 0.05) is 12.0 Å². The van der Waals surface area contributed by atoms with Crippen molar-refractivity contribution >= 4 is 23.1 Å². The van der Waals surface area contributed by atoms with Crippen LogP contribution in [0, 0.1) is 0 Å². The maximum absolute atomic E-state index is 11.3. The van der Waals surface area contributed by atoms with Crippen LogP contribution in [0.2, 0.25) is 0 Å². The standard InChI is InChI=1S/C12H12ClNO4/c1-12(2)6-7-4-3-5-8(9(7)18-12)17-11(16)14-10(13)15/h3-5H,6H2,1-2H3,(H,14,15,16). The molecule has 0 saturated carbocycles. The summed E-state index contributed by atoms with van der Waals surface area (Å²) in [6.45, 7) is 3.89. The first kappa shape index (κ1) is 12.7. The number of rotatable bonds is 1. The smallest absolute Gasteiger partial charge is 0.420 e. The van der Waals surface area contributed by atoms with Gasteiger partial charge in [-0.15, -0.1) is 0 Å². The summed E-state index contributed by atoms with van der Waals surface area (Å²) in [5.41, 5.74) is 0.628. The predicted octanol–water partition coefficient (Wildman–Crippen LogP) is 2.85. The molecule has 1 aliphatic rings. The number of fused-ring (bicyclic) bond motifs is 1. The van der Waals surface area contributed by atoms with Gasteiger partial charge in [0.25, 0.3) is 0 Å². The second-order valence-corrected chi connectivity index (χ2v) is 4.91. The van der Waals surface area contributed by atoms with Gasteiger partial charge in [0.15, 0.2) is 11.5 Å². The molecule has 96 valence electrons. The molecule has 1 aromatic carbocycles. The summed E-state index contributed by atoms with van der Waals surface area (Å²) in [4.78, 5) is 21.8. The molecule has 5 nitrogen and oxygen atoms in total. The number of para-hydroxylation sites is 1. The number of hydrogen-bond acceptors (Lipinski definition) is 4. The van der Waals surface area contributed by atoms with Crippen LogP contribution >= 0.6 is 11.6 Å². The number of carbonyl (C=O) groups excluding carboxylic acids is 2. The minimum atomic E-state index is -0.992. The van der Waals surface area contributed by atoms with Gasteiger partial charge in [-0.25, -0.2) is 10.1 Å². The molecule has 0 unspecified atom stereocenters. The quantitative estimate of drug-likeness (QED) is 0.629. The zero-order valence-electron chi connectivity index (χ0n) is 9.95. The number of carbonyl (C=O) groups is 2. The van der Waals surface area contributed by atoms with Crippen molar-refractivity contribution in [3.63, 3.8) is 0 Å². The Morgan fingerprint density at radius 1 is 1.44 bits per heavy atom. The number of benzene rings is 1. The van der Waals surface area contributed by atoms with Crippen LogP contribution in [0.4, 0.5) is 9.59 Å². The fourth-order valence-corrected chi connectivity index (χ4v) is 1.95. The summed E-state index contributed by atoms with van der Waals surface area (Å²) >= 11 is 5.02. The van der Waals surface area contributed by atoms with Crippen LogP contribution in [0.15, 0.2) is 18.2 Å². The summed E-state index contributed by atoms with van der Waals surface area (Å²) in [5, 5.41) is 0.821. The van der Waals surface area contributed by atoms with E-state index in [1.165, 1.54) is 0 Å². The van der Waals surface area contributed by atoms with Crippen LogP contribution in [-0.4, -0.2) is 17.1 Å². The molecule has 1 N–H and O–H groups in total. The number of ether oxygens (including phenoxy) is 2. The Morgan fingerprint density at radius 2 is 2.17 bits per heavy atom. The van der Waals surface area contributed by atoms with Crippen molar-refractivity contribution < 1.29 is 19.1 Å². The molecule has 1 aromatic rings. The molecular formula is C12H12ClNO4. The van der Waals surface area contributed by atoms with Crippen molar-refractivity contribution in [2.24, 2.45) is 0 Å². The lowest BCUT2D eigenvalue weighted by atomic mass is 10.0. The highest BCUT2D eigenvalue weighted by atomic mass is 35.5. The first-order chi connectivity index (χ1) is 8.37. The van der Waals surface area contributed by atoms with E-state index in [1.807, 2.05) is 25.2 Å². The lowest BCUT2D eigenvalue weighted by Gasteiger charge is -2.17. The molecular weight excluding hydrogens is 258 g/mol. The van der Waals surface area contributed by atoms with Gasteiger partial charge in [0.1, 0.15) is 5.60 Å². The molecule has 1 heterocycles. The number of nitrogens with one attached hydrogen (secondary N) is 1. The highest BCUT2D eigenvalue weighted by molar-refractivity contribution is 6.64. The van der Waals surface area contributed by atoms with E-state index in [4.69, 9.17) is 21.1 Å². The number of halogens is 1. The fourth-order valence-electron chi connectivity index (χ4n) is 1.87. The van der Waals surface area contributed by atoms with Crippen LogP contribution in [0.3, 0.4) is 0 Å². The van der Waals surface area contributed by atoms with E-state index in [0.717, 1.165) is 12.0 Å². The second-order valence-electron chi connectivity index (χ2n) is 4.57. The molecule has 0 aliphatic carbocycles. The third-order valence-electron chi connectivity index (χ3n) is 2.46. The van der Waals surface area contributed by atoms with Crippen LogP contribution in [0.5, 0.6) is 11.5 Å². The average Bonchev–Trinajstić information content (AvgIpc) is 2.52. The van der Waals surface area contributed by atoms with Gasteiger partial charge in [-0.1, -0.05) is 12.1 Å². The maximum atomic E-state index is 11.3. The molecule has 0 bridgehead atoms. The van der Waals surface area contributed by atoms with Crippen LogP contribution < -0.4 is 14.8 Å². The third-order valence-corrected chi connectivity index (χ3v) is 2.55. The van der Waals surface area contributed by atoms with Crippen molar-refractivity contribution in [3.05, 3.63) is 23.8 Å². The summed E-state index contributed by atoms with van der Waals surface area (Å²) < 4.78 is 10.7. The molecule has 0 radical (unpaired) electrons. The maximum Gasteiger partial charge on any atom is 0.420 e. The highest BCUT2D eigenvalue weighted by Gasteiger charge is 2.32. The normalized spacial score (nSPS) is 15.5. The Hall–Kier alpha value is -1.75. The fraction of sp³-hybridized carbons (Fsp3) is 0.333. The topological polar surface area (TPSA) is 64.6 Å². The van der Waals surface area contributed by atoms with Gasteiger partial charge in [-0.05, 0) is 31.5 Å². The van der Waals surface area contributed by atoms with Crippen molar-refractivity contribution in [3.8, 4) is 11.5 Å². The average molecular weight is 270 g/mol. The van der Waals surface area contributed by atoms with E-state index < -0.39 is 11.5 Å². The molecule has 2 amide bonds. The summed E-state index contributed by atoms with van der Waals surface area (Å²) in [7, 11) is 0. The zero-order valence-corrected chi connectivity index (χ0v) is 10.7. The third kappa shape index (κ3) is 2.73. The SMILES string of the molecule is CC1(C)Cc2cccc(OC(=O)NC(=O)Cl)c2O1. The van der Waals surface area contributed by atoms with E-state index in [-0.39, 0.29) is 11.4 Å². The Bertz CT molecular complexity index is 513. The van der Waals surface area contributed by atoms with Crippen molar-refractivity contribution in [2.45, 2.75) is 25.9 Å². The first-order valence-corrected chi connectivity index (χ1v) is 5.74. The second kappa shape index (κ2) is 4.49. The van der Waals surface area contributed by atoms with Crippen molar-refractivity contribution in [1.82, 2.24) is 5.32 Å². The molecule has 0 aromatic heterocycles. The monoisotopic (exact) mass is 269 g/mol. The summed E-state index contributed by atoms with van der Waals surface area (Å²) in [6.07, 6.45) is -0.202. The Morgan fingerprint density at radius 3 is 2.83 bits per heavy atom. The Balaban J connectivity index is 2.19. The van der Waals surface area contributed by atoms with E-state index >= 15 is 0 Å². The van der Waals surface area contributed by atoms with Gasteiger partial charge in [0.2, 0.25) is 0 Å². The molecule has 0 saturated heterocycles. The molecule has 0 fully saturated rings. The molecule has 2 rings (SSSR count). The number of hydrogen-bond donors (Lipinski definition) is 1. The molecule has 0 atom stereocenters. The van der Waals surface area contributed by atoms with Crippen molar-refractivity contribution in [1.29, 1.82) is 0 Å². The minimum absolute atomic E-state index is 0.272.